The van der Waals surface area contributed by atoms with Crippen molar-refractivity contribution in [2.45, 2.75) is 39.7 Å². The molecule has 0 aliphatic carbocycles. The van der Waals surface area contributed by atoms with Crippen molar-refractivity contribution in [2.24, 2.45) is 0 Å². The molecule has 0 bridgehead atoms. The molecule has 3 nitrogen and oxygen atoms in total. The van der Waals surface area contributed by atoms with Gasteiger partial charge in [0.05, 0.1) is 0 Å². The van der Waals surface area contributed by atoms with Crippen molar-refractivity contribution in [2.75, 3.05) is 5.73 Å². The Kier molecular flexibility index (Phi) is 3.54. The van der Waals surface area contributed by atoms with Gasteiger partial charge in [-0.25, -0.2) is 13.8 Å². The van der Waals surface area contributed by atoms with Crippen LogP contribution in [0.3, 0.4) is 0 Å². The van der Waals surface area contributed by atoms with Crippen molar-refractivity contribution >= 4 is 5.82 Å². The lowest BCUT2D eigenvalue weighted by atomic mass is 10.1. The fourth-order valence-electron chi connectivity index (χ4n) is 2.43. The number of nitrogens with zero attached hydrogens (tertiary/aromatic N) is 2. The molecule has 0 saturated carbocycles. The third-order valence-electron chi connectivity index (χ3n) is 3.16. The summed E-state index contributed by atoms with van der Waals surface area (Å²) in [6.07, 6.45) is -2.50. The summed E-state index contributed by atoms with van der Waals surface area (Å²) < 4.78 is 27.5. The molecule has 0 aliphatic heterocycles. The average molecular weight is 279 g/mol. The van der Waals surface area contributed by atoms with E-state index in [2.05, 4.69) is 4.98 Å². The van der Waals surface area contributed by atoms with Crippen molar-refractivity contribution in [3.63, 3.8) is 0 Å². The minimum absolute atomic E-state index is 0.0233. The summed E-state index contributed by atoms with van der Waals surface area (Å²) in [6.45, 7) is 7.94. The first kappa shape index (κ1) is 14.5. The fraction of sp³-hybridized carbons (Fsp3) is 0.400. The number of aryl methyl sites for hydroxylation is 1. The SMILES string of the molecule is Cc1nc(-c2cccc(C(F)F)c2)c(N)n1C(C)(C)C. The summed E-state index contributed by atoms with van der Waals surface area (Å²) in [7, 11) is 0. The highest BCUT2D eigenvalue weighted by Gasteiger charge is 2.23. The van der Waals surface area contributed by atoms with Crippen LogP contribution in [-0.2, 0) is 5.54 Å². The first-order valence-electron chi connectivity index (χ1n) is 6.45. The summed E-state index contributed by atoms with van der Waals surface area (Å²) in [4.78, 5) is 4.44. The Hall–Kier alpha value is -1.91. The number of aromatic nitrogens is 2. The first-order chi connectivity index (χ1) is 9.21. The molecule has 1 aromatic carbocycles. The molecule has 0 fully saturated rings. The highest BCUT2D eigenvalue weighted by atomic mass is 19.3. The number of anilines is 1. The Morgan fingerprint density at radius 3 is 2.40 bits per heavy atom. The maximum atomic E-state index is 12.8. The van der Waals surface area contributed by atoms with Crippen molar-refractivity contribution in [3.8, 4) is 11.3 Å². The molecule has 0 spiro atoms. The van der Waals surface area contributed by atoms with Gasteiger partial charge in [0.15, 0.2) is 0 Å². The Morgan fingerprint density at radius 2 is 1.90 bits per heavy atom. The van der Waals surface area contributed by atoms with E-state index in [1.165, 1.54) is 12.1 Å². The zero-order chi connectivity index (χ0) is 15.1. The molecule has 1 heterocycles. The summed E-state index contributed by atoms with van der Waals surface area (Å²) in [6, 6.07) is 6.19. The van der Waals surface area contributed by atoms with E-state index >= 15 is 0 Å². The van der Waals surface area contributed by atoms with E-state index in [-0.39, 0.29) is 11.1 Å². The van der Waals surface area contributed by atoms with E-state index in [0.717, 1.165) is 5.82 Å². The Balaban J connectivity index is 2.57. The van der Waals surface area contributed by atoms with Crippen LogP contribution >= 0.6 is 0 Å². The molecule has 0 saturated heterocycles. The van der Waals surface area contributed by atoms with Crippen LogP contribution in [0, 0.1) is 6.92 Å². The van der Waals surface area contributed by atoms with Crippen molar-refractivity contribution in [1.82, 2.24) is 9.55 Å². The van der Waals surface area contributed by atoms with Crippen LogP contribution in [0.15, 0.2) is 24.3 Å². The van der Waals surface area contributed by atoms with Crippen LogP contribution in [0.2, 0.25) is 0 Å². The van der Waals surface area contributed by atoms with E-state index in [9.17, 15) is 8.78 Å². The molecule has 108 valence electrons. The van der Waals surface area contributed by atoms with Gasteiger partial charge in [-0.15, -0.1) is 0 Å². The minimum Gasteiger partial charge on any atom is -0.383 e. The Bertz CT molecular complexity index is 625. The first-order valence-corrected chi connectivity index (χ1v) is 6.45. The third kappa shape index (κ3) is 2.53. The predicted molar refractivity (Wildman–Crippen MR) is 76.8 cm³/mol. The molecular formula is C15H19F2N3. The van der Waals surface area contributed by atoms with Gasteiger partial charge in [0.1, 0.15) is 17.3 Å². The van der Waals surface area contributed by atoms with Crippen molar-refractivity contribution in [3.05, 3.63) is 35.7 Å². The number of nitrogen functional groups attached to an aromatic ring is 1. The number of hydrogen-bond donors (Lipinski definition) is 1. The van der Waals surface area contributed by atoms with Crippen molar-refractivity contribution in [1.29, 1.82) is 0 Å². The highest BCUT2D eigenvalue weighted by Crippen LogP contribution is 2.32. The van der Waals surface area contributed by atoms with E-state index in [4.69, 9.17) is 5.73 Å². The van der Waals surface area contributed by atoms with Gasteiger partial charge < -0.3 is 10.3 Å². The largest absolute Gasteiger partial charge is 0.383 e. The van der Waals surface area contributed by atoms with Crippen LogP contribution in [-0.4, -0.2) is 9.55 Å². The lowest BCUT2D eigenvalue weighted by Gasteiger charge is -2.24. The Labute approximate surface area is 117 Å². The molecule has 0 amide bonds. The maximum Gasteiger partial charge on any atom is 0.263 e. The van der Waals surface area contributed by atoms with E-state index < -0.39 is 6.43 Å². The molecule has 2 N–H and O–H groups in total. The second kappa shape index (κ2) is 4.89. The number of hydrogen-bond acceptors (Lipinski definition) is 2. The summed E-state index contributed by atoms with van der Waals surface area (Å²) in [5.74, 6) is 1.27. The lowest BCUT2D eigenvalue weighted by molar-refractivity contribution is 0.151. The highest BCUT2D eigenvalue weighted by molar-refractivity contribution is 5.71. The molecule has 20 heavy (non-hydrogen) atoms. The van der Waals surface area contributed by atoms with E-state index in [1.54, 1.807) is 12.1 Å². The molecule has 0 atom stereocenters. The molecule has 2 aromatic rings. The number of nitrogens with two attached hydrogens (primary N) is 1. The lowest BCUT2D eigenvalue weighted by Crippen LogP contribution is -2.24. The average Bonchev–Trinajstić information content (AvgIpc) is 2.64. The number of benzene rings is 1. The van der Waals surface area contributed by atoms with Crippen molar-refractivity contribution < 1.29 is 8.78 Å². The van der Waals surface area contributed by atoms with Gasteiger partial charge >= 0.3 is 0 Å². The number of alkyl halides is 2. The topological polar surface area (TPSA) is 43.8 Å². The molecule has 0 aliphatic rings. The Morgan fingerprint density at radius 1 is 1.25 bits per heavy atom. The molecular weight excluding hydrogens is 260 g/mol. The fourth-order valence-corrected chi connectivity index (χ4v) is 2.43. The van der Waals surface area contributed by atoms with Gasteiger partial charge in [0, 0.05) is 16.7 Å². The summed E-state index contributed by atoms with van der Waals surface area (Å²) in [5, 5.41) is 0. The van der Waals surface area contributed by atoms with Gasteiger partial charge in [-0.3, -0.25) is 0 Å². The van der Waals surface area contributed by atoms with Crippen LogP contribution in [0.1, 0.15) is 38.6 Å². The summed E-state index contributed by atoms with van der Waals surface area (Å²) in [5.41, 5.74) is 7.10. The second-order valence-corrected chi connectivity index (χ2v) is 5.83. The van der Waals surface area contributed by atoms with Gasteiger partial charge in [0.25, 0.3) is 6.43 Å². The van der Waals surface area contributed by atoms with Crippen LogP contribution in [0.5, 0.6) is 0 Å². The second-order valence-electron chi connectivity index (χ2n) is 5.83. The predicted octanol–water partition coefficient (Wildman–Crippen LogP) is 4.13. The van der Waals surface area contributed by atoms with Gasteiger partial charge in [0.2, 0.25) is 0 Å². The normalized spacial score (nSPS) is 12.2. The van der Waals surface area contributed by atoms with Crippen LogP contribution in [0.25, 0.3) is 11.3 Å². The van der Waals surface area contributed by atoms with Crippen LogP contribution < -0.4 is 5.73 Å². The molecule has 1 aromatic heterocycles. The molecule has 5 heteroatoms. The zero-order valence-corrected chi connectivity index (χ0v) is 12.1. The molecule has 0 radical (unpaired) electrons. The maximum absolute atomic E-state index is 12.8. The third-order valence-corrected chi connectivity index (χ3v) is 3.16. The van der Waals surface area contributed by atoms with E-state index in [0.29, 0.717) is 17.1 Å². The monoisotopic (exact) mass is 279 g/mol. The van der Waals surface area contributed by atoms with Gasteiger partial charge in [-0.05, 0) is 33.8 Å². The van der Waals surface area contributed by atoms with Gasteiger partial charge in [-0.1, -0.05) is 18.2 Å². The molecule has 0 unspecified atom stereocenters. The van der Waals surface area contributed by atoms with Gasteiger partial charge in [-0.2, -0.15) is 0 Å². The number of rotatable bonds is 2. The van der Waals surface area contributed by atoms with Crippen LogP contribution in [0.4, 0.5) is 14.6 Å². The quantitative estimate of drug-likeness (QED) is 0.898. The summed E-state index contributed by atoms with van der Waals surface area (Å²) >= 11 is 0. The van der Waals surface area contributed by atoms with E-state index in [1.807, 2.05) is 32.3 Å². The zero-order valence-electron chi connectivity index (χ0n) is 12.1. The standard InChI is InChI=1S/C15H19F2N3/c1-9-19-12(14(18)20(9)15(2,3)4)10-6-5-7-11(8-10)13(16)17/h5-8,13H,18H2,1-4H3. The molecule has 2 rings (SSSR count). The smallest absolute Gasteiger partial charge is 0.263 e. The minimum atomic E-state index is -2.50. The number of imidazole rings is 1. The number of halogens is 2.